The average molecular weight is 210 g/mol. The highest BCUT2D eigenvalue weighted by Gasteiger charge is 2.32. The molecule has 14 heavy (non-hydrogen) atoms. The minimum atomic E-state index is 0.467. The number of aryl methyl sites for hydroxylation is 1. The Kier molecular flexibility index (Phi) is 2.88. The predicted molar refractivity (Wildman–Crippen MR) is 60.5 cm³/mol. The van der Waals surface area contributed by atoms with Crippen molar-refractivity contribution in [1.82, 2.24) is 10.3 Å². The molecule has 1 aliphatic rings. The second-order valence-corrected chi connectivity index (χ2v) is 5.65. The zero-order valence-corrected chi connectivity index (χ0v) is 9.90. The normalized spacial score (nSPS) is 27.6. The highest BCUT2D eigenvalue weighted by molar-refractivity contribution is 7.11. The van der Waals surface area contributed by atoms with Gasteiger partial charge in [-0.05, 0) is 38.6 Å². The van der Waals surface area contributed by atoms with Gasteiger partial charge >= 0.3 is 0 Å². The van der Waals surface area contributed by atoms with E-state index in [4.69, 9.17) is 0 Å². The minimum absolute atomic E-state index is 0.467. The van der Waals surface area contributed by atoms with Crippen LogP contribution in [0.15, 0.2) is 6.20 Å². The molecule has 3 atom stereocenters. The van der Waals surface area contributed by atoms with Crippen molar-refractivity contribution in [3.05, 3.63) is 16.1 Å². The van der Waals surface area contributed by atoms with Gasteiger partial charge in [0.25, 0.3) is 0 Å². The van der Waals surface area contributed by atoms with Crippen molar-refractivity contribution < 1.29 is 0 Å². The third-order valence-electron chi connectivity index (χ3n) is 3.03. The first-order valence-electron chi connectivity index (χ1n) is 5.32. The number of hydrogen-bond acceptors (Lipinski definition) is 3. The molecule has 0 spiro atoms. The number of thiazole rings is 1. The van der Waals surface area contributed by atoms with Gasteiger partial charge < -0.3 is 5.32 Å². The Morgan fingerprint density at radius 2 is 2.43 bits per heavy atom. The van der Waals surface area contributed by atoms with E-state index in [-0.39, 0.29) is 0 Å². The lowest BCUT2D eigenvalue weighted by atomic mass is 10.2. The largest absolute Gasteiger partial charge is 0.309 e. The quantitative estimate of drug-likeness (QED) is 0.826. The summed E-state index contributed by atoms with van der Waals surface area (Å²) in [5, 5.41) is 4.74. The van der Waals surface area contributed by atoms with Crippen LogP contribution in [0.3, 0.4) is 0 Å². The van der Waals surface area contributed by atoms with Crippen molar-refractivity contribution >= 4 is 11.3 Å². The lowest BCUT2D eigenvalue weighted by Crippen LogP contribution is -2.20. The van der Waals surface area contributed by atoms with Gasteiger partial charge in [-0.1, -0.05) is 6.92 Å². The molecule has 1 aromatic heterocycles. The molecule has 2 nitrogen and oxygen atoms in total. The van der Waals surface area contributed by atoms with E-state index in [1.54, 1.807) is 11.3 Å². The number of nitrogens with zero attached hydrogens (tertiary/aromatic N) is 1. The van der Waals surface area contributed by atoms with E-state index >= 15 is 0 Å². The SMILES string of the molecule is Cc1ncc(C(C)NCC2CC2C)s1. The van der Waals surface area contributed by atoms with E-state index in [0.717, 1.165) is 16.8 Å². The van der Waals surface area contributed by atoms with E-state index in [1.165, 1.54) is 17.8 Å². The van der Waals surface area contributed by atoms with Crippen molar-refractivity contribution in [1.29, 1.82) is 0 Å². The Morgan fingerprint density at radius 3 is 2.93 bits per heavy atom. The highest BCUT2D eigenvalue weighted by atomic mass is 32.1. The summed E-state index contributed by atoms with van der Waals surface area (Å²) < 4.78 is 0. The van der Waals surface area contributed by atoms with E-state index in [9.17, 15) is 0 Å². The number of rotatable bonds is 4. The molecule has 78 valence electrons. The molecule has 3 unspecified atom stereocenters. The number of nitrogens with one attached hydrogen (secondary N) is 1. The van der Waals surface area contributed by atoms with Crippen molar-refractivity contribution in [3.63, 3.8) is 0 Å². The van der Waals surface area contributed by atoms with Crippen LogP contribution in [0.1, 0.15) is 36.2 Å². The van der Waals surface area contributed by atoms with Gasteiger partial charge in [0, 0.05) is 17.1 Å². The molecule has 2 rings (SSSR count). The second kappa shape index (κ2) is 3.99. The summed E-state index contributed by atoms with van der Waals surface area (Å²) in [5.41, 5.74) is 0. The van der Waals surface area contributed by atoms with Gasteiger partial charge in [-0.3, -0.25) is 0 Å². The molecule has 1 aromatic rings. The fourth-order valence-electron chi connectivity index (χ4n) is 1.69. The molecule has 1 fully saturated rings. The molecule has 0 aromatic carbocycles. The summed E-state index contributed by atoms with van der Waals surface area (Å²) in [5.74, 6) is 1.87. The van der Waals surface area contributed by atoms with Crippen LogP contribution >= 0.6 is 11.3 Å². The average Bonchev–Trinajstić information content (AvgIpc) is 2.66. The fourth-order valence-corrected chi connectivity index (χ4v) is 2.50. The summed E-state index contributed by atoms with van der Waals surface area (Å²) in [4.78, 5) is 5.63. The maximum Gasteiger partial charge on any atom is 0.0897 e. The molecular weight excluding hydrogens is 192 g/mol. The monoisotopic (exact) mass is 210 g/mol. The van der Waals surface area contributed by atoms with Gasteiger partial charge in [-0.2, -0.15) is 0 Å². The molecule has 0 amide bonds. The molecule has 1 heterocycles. The number of aromatic nitrogens is 1. The fraction of sp³-hybridized carbons (Fsp3) is 0.727. The Bertz CT molecular complexity index is 308. The summed E-state index contributed by atoms with van der Waals surface area (Å²) in [6.07, 6.45) is 3.40. The highest BCUT2D eigenvalue weighted by Crippen LogP contribution is 2.37. The van der Waals surface area contributed by atoms with Crippen molar-refractivity contribution in [2.24, 2.45) is 11.8 Å². The zero-order valence-electron chi connectivity index (χ0n) is 9.08. The van der Waals surface area contributed by atoms with Gasteiger partial charge in [0.05, 0.1) is 5.01 Å². The van der Waals surface area contributed by atoms with E-state index in [1.807, 2.05) is 6.20 Å². The van der Waals surface area contributed by atoms with Gasteiger partial charge in [0.2, 0.25) is 0 Å². The maximum atomic E-state index is 4.27. The van der Waals surface area contributed by atoms with E-state index in [0.29, 0.717) is 6.04 Å². The Labute approximate surface area is 89.8 Å². The molecule has 0 saturated heterocycles. The molecule has 1 N–H and O–H groups in total. The maximum absolute atomic E-state index is 4.27. The summed E-state index contributed by atoms with van der Waals surface area (Å²) in [6, 6.07) is 0.467. The second-order valence-electron chi connectivity index (χ2n) is 4.38. The van der Waals surface area contributed by atoms with Gasteiger partial charge in [-0.25, -0.2) is 4.98 Å². The Hall–Kier alpha value is -0.410. The Balaban J connectivity index is 1.80. The topological polar surface area (TPSA) is 24.9 Å². The molecule has 1 aliphatic carbocycles. The van der Waals surface area contributed by atoms with Gasteiger partial charge in [0.15, 0.2) is 0 Å². The number of hydrogen-bond donors (Lipinski definition) is 1. The van der Waals surface area contributed by atoms with Crippen LogP contribution in [0.25, 0.3) is 0 Å². The van der Waals surface area contributed by atoms with E-state index in [2.05, 4.69) is 31.1 Å². The summed E-state index contributed by atoms with van der Waals surface area (Å²) in [6.45, 7) is 7.77. The first-order chi connectivity index (χ1) is 6.66. The molecule has 1 saturated carbocycles. The first-order valence-corrected chi connectivity index (χ1v) is 6.14. The van der Waals surface area contributed by atoms with Crippen LogP contribution in [-0.2, 0) is 0 Å². The lowest BCUT2D eigenvalue weighted by molar-refractivity contribution is 0.540. The van der Waals surface area contributed by atoms with E-state index < -0.39 is 0 Å². The van der Waals surface area contributed by atoms with Crippen molar-refractivity contribution in [3.8, 4) is 0 Å². The molecule has 3 heteroatoms. The first kappa shape index (κ1) is 10.1. The molecule has 0 aliphatic heterocycles. The molecule has 0 radical (unpaired) electrons. The minimum Gasteiger partial charge on any atom is -0.309 e. The van der Waals surface area contributed by atoms with Crippen LogP contribution in [0.4, 0.5) is 0 Å². The van der Waals surface area contributed by atoms with Gasteiger partial charge in [-0.15, -0.1) is 11.3 Å². The molecular formula is C11H18N2S. The van der Waals surface area contributed by atoms with Crippen LogP contribution in [-0.4, -0.2) is 11.5 Å². The zero-order chi connectivity index (χ0) is 10.1. The summed E-state index contributed by atoms with van der Waals surface area (Å²) in [7, 11) is 0. The van der Waals surface area contributed by atoms with Crippen LogP contribution in [0, 0.1) is 18.8 Å². The summed E-state index contributed by atoms with van der Waals surface area (Å²) >= 11 is 1.80. The third-order valence-corrected chi connectivity index (χ3v) is 4.12. The van der Waals surface area contributed by atoms with Crippen molar-refractivity contribution in [2.45, 2.75) is 33.2 Å². The van der Waals surface area contributed by atoms with Crippen LogP contribution < -0.4 is 5.32 Å². The third kappa shape index (κ3) is 2.34. The van der Waals surface area contributed by atoms with Crippen LogP contribution in [0.2, 0.25) is 0 Å². The Morgan fingerprint density at radius 1 is 1.71 bits per heavy atom. The van der Waals surface area contributed by atoms with Crippen molar-refractivity contribution in [2.75, 3.05) is 6.54 Å². The predicted octanol–water partition coefficient (Wildman–Crippen LogP) is 2.76. The van der Waals surface area contributed by atoms with Gasteiger partial charge in [0.1, 0.15) is 0 Å². The standard InChI is InChI=1S/C11H18N2S/c1-7-4-10(7)5-12-8(2)11-6-13-9(3)14-11/h6-8,10,12H,4-5H2,1-3H3. The molecule has 0 bridgehead atoms. The lowest BCUT2D eigenvalue weighted by Gasteiger charge is -2.10. The smallest absolute Gasteiger partial charge is 0.0897 e. The van der Waals surface area contributed by atoms with Crippen LogP contribution in [0.5, 0.6) is 0 Å².